The van der Waals surface area contributed by atoms with Crippen molar-refractivity contribution in [2.45, 2.75) is 40.2 Å². The van der Waals surface area contributed by atoms with Crippen LogP contribution in [0.15, 0.2) is 30.3 Å². The molecule has 2 nitrogen and oxygen atoms in total. The number of benzene rings is 1. The van der Waals surface area contributed by atoms with Crippen molar-refractivity contribution in [1.82, 2.24) is 0 Å². The Labute approximate surface area is 104 Å². The van der Waals surface area contributed by atoms with E-state index >= 15 is 0 Å². The lowest BCUT2D eigenvalue weighted by molar-refractivity contribution is -0.153. The van der Waals surface area contributed by atoms with E-state index in [9.17, 15) is 4.79 Å². The Bertz CT molecular complexity index is 341. The molecule has 0 N–H and O–H groups in total. The van der Waals surface area contributed by atoms with Crippen LogP contribution in [0.1, 0.15) is 33.3 Å². The van der Waals surface area contributed by atoms with E-state index in [1.807, 2.05) is 32.0 Å². The lowest BCUT2D eigenvalue weighted by atomic mass is 9.89. The van der Waals surface area contributed by atoms with Gasteiger partial charge in [0.05, 0.1) is 12.0 Å². The number of esters is 1. The number of carbonyl (C=O) groups is 1. The highest BCUT2D eigenvalue weighted by Crippen LogP contribution is 2.19. The quantitative estimate of drug-likeness (QED) is 0.729. The lowest BCUT2D eigenvalue weighted by Crippen LogP contribution is -2.27. The highest BCUT2D eigenvalue weighted by atomic mass is 16.5. The van der Waals surface area contributed by atoms with Gasteiger partial charge in [-0.1, -0.05) is 44.2 Å². The van der Waals surface area contributed by atoms with E-state index in [-0.39, 0.29) is 18.0 Å². The minimum Gasteiger partial charge on any atom is -0.463 e. The molecular formula is C15H22O2. The third-order valence-electron chi connectivity index (χ3n) is 2.76. The summed E-state index contributed by atoms with van der Waals surface area (Å²) in [7, 11) is 0. The van der Waals surface area contributed by atoms with Gasteiger partial charge < -0.3 is 4.74 Å². The molecule has 2 heteroatoms. The number of hydrogen-bond acceptors (Lipinski definition) is 2. The Morgan fingerprint density at radius 2 is 1.71 bits per heavy atom. The number of ether oxygens (including phenoxy) is 1. The second kappa shape index (κ2) is 6.43. The molecule has 0 aliphatic carbocycles. The molecule has 0 aliphatic heterocycles. The Hall–Kier alpha value is -1.31. The second-order valence-corrected chi connectivity index (χ2v) is 5.03. The fourth-order valence-electron chi connectivity index (χ4n) is 1.78. The van der Waals surface area contributed by atoms with Crippen LogP contribution in [0.25, 0.3) is 0 Å². The molecule has 0 saturated heterocycles. The van der Waals surface area contributed by atoms with Crippen LogP contribution in [-0.2, 0) is 16.0 Å². The maximum absolute atomic E-state index is 12.0. The predicted octanol–water partition coefficient (Wildman–Crippen LogP) is 3.45. The summed E-state index contributed by atoms with van der Waals surface area (Å²) in [5, 5.41) is 0. The maximum atomic E-state index is 12.0. The zero-order valence-corrected chi connectivity index (χ0v) is 11.1. The molecule has 1 atom stereocenters. The van der Waals surface area contributed by atoms with Gasteiger partial charge in [-0.3, -0.25) is 4.79 Å². The van der Waals surface area contributed by atoms with E-state index in [0.29, 0.717) is 5.92 Å². The molecule has 0 fully saturated rings. The Morgan fingerprint density at radius 3 is 2.18 bits per heavy atom. The number of hydrogen-bond donors (Lipinski definition) is 0. The van der Waals surface area contributed by atoms with Crippen molar-refractivity contribution in [3.8, 4) is 0 Å². The number of rotatable bonds is 5. The zero-order chi connectivity index (χ0) is 12.8. The van der Waals surface area contributed by atoms with Crippen LogP contribution in [0.5, 0.6) is 0 Å². The topological polar surface area (TPSA) is 26.3 Å². The van der Waals surface area contributed by atoms with Gasteiger partial charge >= 0.3 is 5.97 Å². The van der Waals surface area contributed by atoms with Gasteiger partial charge in [0.15, 0.2) is 0 Å². The van der Waals surface area contributed by atoms with Gasteiger partial charge in [0.2, 0.25) is 0 Å². The molecule has 1 aromatic carbocycles. The summed E-state index contributed by atoms with van der Waals surface area (Å²) < 4.78 is 5.31. The third kappa shape index (κ3) is 4.59. The van der Waals surface area contributed by atoms with Gasteiger partial charge in [0.1, 0.15) is 0 Å². The van der Waals surface area contributed by atoms with Crippen LogP contribution in [0.2, 0.25) is 0 Å². The molecule has 0 saturated carbocycles. The van der Waals surface area contributed by atoms with Crippen LogP contribution in [0.4, 0.5) is 0 Å². The van der Waals surface area contributed by atoms with Crippen molar-refractivity contribution in [3.05, 3.63) is 35.9 Å². The van der Waals surface area contributed by atoms with E-state index in [4.69, 9.17) is 4.74 Å². The highest BCUT2D eigenvalue weighted by molar-refractivity contribution is 5.73. The van der Waals surface area contributed by atoms with E-state index in [2.05, 4.69) is 26.0 Å². The van der Waals surface area contributed by atoms with Gasteiger partial charge in [-0.25, -0.2) is 0 Å². The first-order valence-electron chi connectivity index (χ1n) is 6.25. The zero-order valence-electron chi connectivity index (χ0n) is 11.1. The predicted molar refractivity (Wildman–Crippen MR) is 69.7 cm³/mol. The first kappa shape index (κ1) is 13.8. The van der Waals surface area contributed by atoms with Crippen molar-refractivity contribution in [2.24, 2.45) is 11.8 Å². The molecule has 0 spiro atoms. The van der Waals surface area contributed by atoms with E-state index < -0.39 is 0 Å². The normalized spacial score (nSPS) is 12.8. The molecule has 0 aliphatic rings. The number of carbonyl (C=O) groups excluding carboxylic acids is 1. The highest BCUT2D eigenvalue weighted by Gasteiger charge is 2.24. The monoisotopic (exact) mass is 234 g/mol. The first-order valence-corrected chi connectivity index (χ1v) is 6.25. The molecule has 1 aromatic rings. The SMILES string of the molecule is CC(C)OC(=O)C(Cc1ccccc1)C(C)C. The van der Waals surface area contributed by atoms with Crippen LogP contribution in [-0.4, -0.2) is 12.1 Å². The summed E-state index contributed by atoms with van der Waals surface area (Å²) in [5.74, 6) is 0.153. The van der Waals surface area contributed by atoms with Crippen LogP contribution in [0.3, 0.4) is 0 Å². The summed E-state index contributed by atoms with van der Waals surface area (Å²) >= 11 is 0. The molecule has 1 unspecified atom stereocenters. The third-order valence-corrected chi connectivity index (χ3v) is 2.76. The molecule has 1 rings (SSSR count). The van der Waals surface area contributed by atoms with E-state index in [1.165, 1.54) is 5.56 Å². The average Bonchev–Trinajstić information content (AvgIpc) is 2.25. The molecule has 0 bridgehead atoms. The second-order valence-electron chi connectivity index (χ2n) is 5.03. The van der Waals surface area contributed by atoms with Gasteiger partial charge in [-0.2, -0.15) is 0 Å². The van der Waals surface area contributed by atoms with Crippen molar-refractivity contribution >= 4 is 5.97 Å². The summed E-state index contributed by atoms with van der Waals surface area (Å²) in [4.78, 5) is 12.0. The molecule has 0 heterocycles. The van der Waals surface area contributed by atoms with Crippen molar-refractivity contribution in [2.75, 3.05) is 0 Å². The summed E-state index contributed by atoms with van der Waals surface area (Å²) in [5.41, 5.74) is 1.19. The molecule has 94 valence electrons. The first-order chi connectivity index (χ1) is 8.00. The summed E-state index contributed by atoms with van der Waals surface area (Å²) in [6.07, 6.45) is 0.712. The maximum Gasteiger partial charge on any atom is 0.309 e. The Morgan fingerprint density at radius 1 is 1.12 bits per heavy atom. The molecular weight excluding hydrogens is 212 g/mol. The fraction of sp³-hybridized carbons (Fsp3) is 0.533. The lowest BCUT2D eigenvalue weighted by Gasteiger charge is -2.20. The summed E-state index contributed by atoms with van der Waals surface area (Å²) in [6, 6.07) is 10.1. The van der Waals surface area contributed by atoms with Crippen molar-refractivity contribution in [1.29, 1.82) is 0 Å². The van der Waals surface area contributed by atoms with Gasteiger partial charge in [0, 0.05) is 0 Å². The minimum absolute atomic E-state index is 0.0421. The standard InChI is InChI=1S/C15H22O2/c1-11(2)14(15(16)17-12(3)4)10-13-8-6-5-7-9-13/h5-9,11-12,14H,10H2,1-4H3. The minimum atomic E-state index is -0.0844. The fourth-order valence-corrected chi connectivity index (χ4v) is 1.78. The Kier molecular flexibility index (Phi) is 5.20. The van der Waals surface area contributed by atoms with Crippen LogP contribution < -0.4 is 0 Å². The molecule has 0 aromatic heterocycles. The average molecular weight is 234 g/mol. The molecule has 0 amide bonds. The smallest absolute Gasteiger partial charge is 0.309 e. The van der Waals surface area contributed by atoms with Crippen molar-refractivity contribution in [3.63, 3.8) is 0 Å². The van der Waals surface area contributed by atoms with E-state index in [0.717, 1.165) is 6.42 Å². The van der Waals surface area contributed by atoms with Crippen molar-refractivity contribution < 1.29 is 9.53 Å². The van der Waals surface area contributed by atoms with Gasteiger partial charge in [0.25, 0.3) is 0 Å². The van der Waals surface area contributed by atoms with E-state index in [1.54, 1.807) is 0 Å². The molecule has 0 radical (unpaired) electrons. The van der Waals surface area contributed by atoms with Crippen LogP contribution >= 0.6 is 0 Å². The van der Waals surface area contributed by atoms with Crippen LogP contribution in [0, 0.1) is 11.8 Å². The largest absolute Gasteiger partial charge is 0.463 e. The molecule has 17 heavy (non-hydrogen) atoms. The Balaban J connectivity index is 2.70. The van der Waals surface area contributed by atoms with Gasteiger partial charge in [-0.15, -0.1) is 0 Å². The van der Waals surface area contributed by atoms with Gasteiger partial charge in [-0.05, 0) is 31.7 Å². The summed E-state index contributed by atoms with van der Waals surface area (Å²) in [6.45, 7) is 7.90.